The first kappa shape index (κ1) is 9.76. The maximum absolute atomic E-state index is 8.80. The molecule has 0 N–H and O–H groups in total. The molecule has 0 unspecified atom stereocenters. The van der Waals surface area contributed by atoms with Crippen LogP contribution in [0.5, 0.6) is 0 Å². The van der Waals surface area contributed by atoms with Crippen LogP contribution >= 0.6 is 0 Å². The third-order valence-electron chi connectivity index (χ3n) is 1.83. The second-order valence-electron chi connectivity index (χ2n) is 2.88. The molecule has 0 radical (unpaired) electrons. The molecular formula is C11H13NO. The number of hydrogen-bond acceptors (Lipinski definition) is 2. The van der Waals surface area contributed by atoms with Crippen LogP contribution in [0.3, 0.4) is 0 Å². The van der Waals surface area contributed by atoms with Gasteiger partial charge >= 0.3 is 0 Å². The normalized spacial score (nSPS) is 12.1. The molecule has 0 saturated heterocycles. The molecular weight excluding hydrogens is 162 g/mol. The summed E-state index contributed by atoms with van der Waals surface area (Å²) in [6.07, 6.45) is -0.425. The van der Waals surface area contributed by atoms with Gasteiger partial charge in [-0.2, -0.15) is 5.26 Å². The highest BCUT2D eigenvalue weighted by atomic mass is 16.5. The minimum atomic E-state index is -0.425. The predicted octanol–water partition coefficient (Wildman–Crippen LogP) is 2.60. The lowest BCUT2D eigenvalue weighted by molar-refractivity contribution is 0.102. The van der Waals surface area contributed by atoms with Gasteiger partial charge in [0, 0.05) is 6.61 Å². The van der Waals surface area contributed by atoms with E-state index in [1.54, 1.807) is 0 Å². The van der Waals surface area contributed by atoms with Crippen LogP contribution in [0.25, 0.3) is 0 Å². The topological polar surface area (TPSA) is 33.0 Å². The van der Waals surface area contributed by atoms with Crippen LogP contribution in [-0.2, 0) is 4.74 Å². The van der Waals surface area contributed by atoms with Crippen molar-refractivity contribution in [1.82, 2.24) is 0 Å². The van der Waals surface area contributed by atoms with Crippen LogP contribution in [-0.4, -0.2) is 6.61 Å². The summed E-state index contributed by atoms with van der Waals surface area (Å²) in [5, 5.41) is 8.80. The summed E-state index contributed by atoms with van der Waals surface area (Å²) in [4.78, 5) is 0. The van der Waals surface area contributed by atoms with E-state index in [4.69, 9.17) is 10.00 Å². The van der Waals surface area contributed by atoms with Gasteiger partial charge in [-0.05, 0) is 19.4 Å². The van der Waals surface area contributed by atoms with E-state index < -0.39 is 6.10 Å². The monoisotopic (exact) mass is 175 g/mol. The van der Waals surface area contributed by atoms with E-state index in [2.05, 4.69) is 6.07 Å². The molecule has 0 aromatic heterocycles. The van der Waals surface area contributed by atoms with Crippen molar-refractivity contribution in [3.8, 4) is 6.07 Å². The second-order valence-corrected chi connectivity index (χ2v) is 2.88. The standard InChI is InChI=1S/C11H13NO/c1-3-13-11(8-12)10-6-4-9(2)5-7-10/h4-7,11H,3H2,1-2H3/t11-/m1/s1. The molecule has 0 aliphatic rings. The summed E-state index contributed by atoms with van der Waals surface area (Å²) in [5.41, 5.74) is 2.12. The van der Waals surface area contributed by atoms with E-state index >= 15 is 0 Å². The van der Waals surface area contributed by atoms with Crippen LogP contribution in [0.4, 0.5) is 0 Å². The number of hydrogen-bond donors (Lipinski definition) is 0. The minimum absolute atomic E-state index is 0.425. The molecule has 1 rings (SSSR count). The van der Waals surface area contributed by atoms with Gasteiger partial charge in [0.1, 0.15) is 0 Å². The first-order valence-electron chi connectivity index (χ1n) is 4.35. The van der Waals surface area contributed by atoms with Gasteiger partial charge in [0.05, 0.1) is 6.07 Å². The van der Waals surface area contributed by atoms with E-state index in [0.29, 0.717) is 6.61 Å². The fourth-order valence-corrected chi connectivity index (χ4v) is 1.12. The number of aryl methyl sites for hydroxylation is 1. The van der Waals surface area contributed by atoms with E-state index in [1.807, 2.05) is 38.1 Å². The molecule has 13 heavy (non-hydrogen) atoms. The molecule has 0 bridgehead atoms. The Labute approximate surface area is 78.8 Å². The maximum atomic E-state index is 8.80. The van der Waals surface area contributed by atoms with Gasteiger partial charge < -0.3 is 4.74 Å². The van der Waals surface area contributed by atoms with Crippen molar-refractivity contribution in [2.75, 3.05) is 6.61 Å². The SMILES string of the molecule is CCO[C@H](C#N)c1ccc(C)cc1. The summed E-state index contributed by atoms with van der Waals surface area (Å²) in [6, 6.07) is 9.95. The van der Waals surface area contributed by atoms with Crippen LogP contribution in [0.15, 0.2) is 24.3 Å². The fraction of sp³-hybridized carbons (Fsp3) is 0.364. The van der Waals surface area contributed by atoms with Gasteiger partial charge in [-0.3, -0.25) is 0 Å². The van der Waals surface area contributed by atoms with Gasteiger partial charge in [-0.1, -0.05) is 29.8 Å². The lowest BCUT2D eigenvalue weighted by atomic mass is 10.1. The summed E-state index contributed by atoms with van der Waals surface area (Å²) < 4.78 is 5.26. The Morgan fingerprint density at radius 2 is 2.00 bits per heavy atom. The Morgan fingerprint density at radius 1 is 1.38 bits per heavy atom. The molecule has 1 aromatic rings. The molecule has 68 valence electrons. The number of rotatable bonds is 3. The van der Waals surface area contributed by atoms with Gasteiger partial charge in [0.15, 0.2) is 6.10 Å². The number of nitrogens with zero attached hydrogens (tertiary/aromatic N) is 1. The Hall–Kier alpha value is -1.33. The molecule has 0 fully saturated rings. The first-order chi connectivity index (χ1) is 6.27. The van der Waals surface area contributed by atoms with Gasteiger partial charge in [0.2, 0.25) is 0 Å². The summed E-state index contributed by atoms with van der Waals surface area (Å²) in [5.74, 6) is 0. The first-order valence-corrected chi connectivity index (χ1v) is 4.35. The highest BCUT2D eigenvalue weighted by Crippen LogP contribution is 2.16. The zero-order chi connectivity index (χ0) is 9.68. The molecule has 0 aliphatic carbocycles. The van der Waals surface area contributed by atoms with Gasteiger partial charge in [-0.15, -0.1) is 0 Å². The average molecular weight is 175 g/mol. The molecule has 1 atom stereocenters. The highest BCUT2D eigenvalue weighted by Gasteiger charge is 2.08. The Kier molecular flexibility index (Phi) is 3.48. The maximum Gasteiger partial charge on any atom is 0.169 e. The summed E-state index contributed by atoms with van der Waals surface area (Å²) >= 11 is 0. The highest BCUT2D eigenvalue weighted by molar-refractivity contribution is 5.26. The quantitative estimate of drug-likeness (QED) is 0.707. The van der Waals surface area contributed by atoms with Crippen molar-refractivity contribution in [1.29, 1.82) is 5.26 Å². The van der Waals surface area contributed by atoms with Crippen molar-refractivity contribution in [2.24, 2.45) is 0 Å². The molecule has 0 saturated carbocycles. The van der Waals surface area contributed by atoms with E-state index in [9.17, 15) is 0 Å². The van der Waals surface area contributed by atoms with Crippen LogP contribution < -0.4 is 0 Å². The van der Waals surface area contributed by atoms with Crippen molar-refractivity contribution < 1.29 is 4.74 Å². The lowest BCUT2D eigenvalue weighted by Crippen LogP contribution is -2.01. The van der Waals surface area contributed by atoms with Gasteiger partial charge in [-0.25, -0.2) is 0 Å². The van der Waals surface area contributed by atoms with Crippen LogP contribution in [0, 0.1) is 18.3 Å². The second kappa shape index (κ2) is 4.64. The van der Waals surface area contributed by atoms with Crippen molar-refractivity contribution in [3.63, 3.8) is 0 Å². The molecule has 2 nitrogen and oxygen atoms in total. The molecule has 0 heterocycles. The largest absolute Gasteiger partial charge is 0.359 e. The fourth-order valence-electron chi connectivity index (χ4n) is 1.12. The number of benzene rings is 1. The van der Waals surface area contributed by atoms with Crippen LogP contribution in [0.1, 0.15) is 24.2 Å². The third kappa shape index (κ3) is 2.57. The molecule has 0 amide bonds. The van der Waals surface area contributed by atoms with Crippen molar-refractivity contribution in [3.05, 3.63) is 35.4 Å². The predicted molar refractivity (Wildman–Crippen MR) is 51.2 cm³/mol. The minimum Gasteiger partial charge on any atom is -0.359 e. The molecule has 0 spiro atoms. The Bertz CT molecular complexity index is 297. The molecule has 2 heteroatoms. The molecule has 0 aliphatic heterocycles. The Balaban J connectivity index is 2.81. The molecule has 1 aromatic carbocycles. The average Bonchev–Trinajstić information content (AvgIpc) is 2.16. The number of nitriles is 1. The smallest absolute Gasteiger partial charge is 0.169 e. The zero-order valence-electron chi connectivity index (χ0n) is 7.95. The van der Waals surface area contributed by atoms with Gasteiger partial charge in [0.25, 0.3) is 0 Å². The van der Waals surface area contributed by atoms with E-state index in [1.165, 1.54) is 5.56 Å². The zero-order valence-corrected chi connectivity index (χ0v) is 7.95. The third-order valence-corrected chi connectivity index (χ3v) is 1.83. The Morgan fingerprint density at radius 3 is 2.46 bits per heavy atom. The lowest BCUT2D eigenvalue weighted by Gasteiger charge is -2.08. The van der Waals surface area contributed by atoms with Crippen LogP contribution in [0.2, 0.25) is 0 Å². The summed E-state index contributed by atoms with van der Waals surface area (Å²) in [6.45, 7) is 4.47. The van der Waals surface area contributed by atoms with Crippen molar-refractivity contribution >= 4 is 0 Å². The van der Waals surface area contributed by atoms with E-state index in [-0.39, 0.29) is 0 Å². The van der Waals surface area contributed by atoms with Crippen molar-refractivity contribution in [2.45, 2.75) is 20.0 Å². The summed E-state index contributed by atoms with van der Waals surface area (Å²) in [7, 11) is 0. The number of ether oxygens (including phenoxy) is 1. The van der Waals surface area contributed by atoms with E-state index in [0.717, 1.165) is 5.56 Å².